The molecule has 0 radical (unpaired) electrons. The Labute approximate surface area is 108 Å². The molecule has 0 aliphatic carbocycles. The molecule has 2 nitrogen and oxygen atoms in total. The highest BCUT2D eigenvalue weighted by atomic mass is 32.1. The number of rotatable bonds is 1. The van der Waals surface area contributed by atoms with Crippen LogP contribution in [0.3, 0.4) is 0 Å². The van der Waals surface area contributed by atoms with E-state index in [2.05, 4.69) is 6.07 Å². The first-order chi connectivity index (χ1) is 8.81. The van der Waals surface area contributed by atoms with Gasteiger partial charge in [0.25, 0.3) is 0 Å². The van der Waals surface area contributed by atoms with Crippen molar-refractivity contribution < 1.29 is 5.11 Å². The Kier molecular flexibility index (Phi) is 2.51. The number of benzene rings is 2. The van der Waals surface area contributed by atoms with E-state index in [0.717, 1.165) is 16.5 Å². The third-order valence-corrected chi connectivity index (χ3v) is 3.65. The Morgan fingerprint density at radius 3 is 2.72 bits per heavy atom. The average molecular weight is 251 g/mol. The number of hydrogen-bond acceptors (Lipinski definition) is 3. The van der Waals surface area contributed by atoms with Gasteiger partial charge in [0.2, 0.25) is 0 Å². The summed E-state index contributed by atoms with van der Waals surface area (Å²) in [5.41, 5.74) is 2.10. The van der Waals surface area contributed by atoms with Crippen LogP contribution in [0.15, 0.2) is 47.2 Å². The second-order valence-electron chi connectivity index (χ2n) is 3.99. The van der Waals surface area contributed by atoms with Crippen LogP contribution in [0.1, 0.15) is 5.56 Å². The van der Waals surface area contributed by atoms with Gasteiger partial charge in [-0.05, 0) is 33.8 Å². The molecular formula is C15H9NOS. The van der Waals surface area contributed by atoms with E-state index in [1.54, 1.807) is 11.3 Å². The molecule has 3 heteroatoms. The molecule has 1 N–H and O–H groups in total. The summed E-state index contributed by atoms with van der Waals surface area (Å²) in [4.78, 5) is 0. The minimum absolute atomic E-state index is 0.0665. The molecule has 1 aromatic heterocycles. The Morgan fingerprint density at radius 2 is 2.00 bits per heavy atom. The molecule has 2 aromatic carbocycles. The van der Waals surface area contributed by atoms with Crippen LogP contribution >= 0.6 is 11.3 Å². The highest BCUT2D eigenvalue weighted by molar-refractivity contribution is 7.08. The summed E-state index contributed by atoms with van der Waals surface area (Å²) >= 11 is 1.57. The number of hydrogen-bond donors (Lipinski definition) is 1. The summed E-state index contributed by atoms with van der Waals surface area (Å²) in [6.07, 6.45) is 0. The van der Waals surface area contributed by atoms with E-state index < -0.39 is 0 Å². The Bertz CT molecular complexity index is 754. The maximum absolute atomic E-state index is 10.2. The standard InChI is InChI=1S/C15H9NOS/c16-8-14-13(11-5-6-18-9-11)7-10-3-1-2-4-12(10)15(14)17/h1-7,9,17H. The largest absolute Gasteiger partial charge is 0.506 e. The van der Waals surface area contributed by atoms with E-state index in [4.69, 9.17) is 0 Å². The van der Waals surface area contributed by atoms with Crippen LogP contribution in [0.5, 0.6) is 5.75 Å². The fourth-order valence-electron chi connectivity index (χ4n) is 2.09. The van der Waals surface area contributed by atoms with Crippen molar-refractivity contribution in [2.45, 2.75) is 0 Å². The van der Waals surface area contributed by atoms with Crippen molar-refractivity contribution in [1.82, 2.24) is 0 Å². The van der Waals surface area contributed by atoms with E-state index in [0.29, 0.717) is 10.9 Å². The topological polar surface area (TPSA) is 44.0 Å². The minimum Gasteiger partial charge on any atom is -0.506 e. The van der Waals surface area contributed by atoms with Crippen molar-refractivity contribution in [2.24, 2.45) is 0 Å². The lowest BCUT2D eigenvalue weighted by Gasteiger charge is -2.08. The molecule has 0 spiro atoms. The van der Waals surface area contributed by atoms with E-state index in [1.807, 2.05) is 47.2 Å². The molecule has 0 saturated carbocycles. The third kappa shape index (κ3) is 1.55. The molecule has 3 rings (SSSR count). The van der Waals surface area contributed by atoms with Crippen LogP contribution in [-0.2, 0) is 0 Å². The number of nitrogens with zero attached hydrogens (tertiary/aromatic N) is 1. The van der Waals surface area contributed by atoms with Gasteiger partial charge in [0.15, 0.2) is 0 Å². The molecule has 0 saturated heterocycles. The molecule has 0 bridgehead atoms. The van der Waals surface area contributed by atoms with Crippen molar-refractivity contribution in [3.63, 3.8) is 0 Å². The predicted molar refractivity (Wildman–Crippen MR) is 73.6 cm³/mol. The van der Waals surface area contributed by atoms with Crippen molar-refractivity contribution >= 4 is 22.1 Å². The smallest absolute Gasteiger partial charge is 0.141 e. The van der Waals surface area contributed by atoms with Crippen molar-refractivity contribution in [1.29, 1.82) is 5.26 Å². The SMILES string of the molecule is N#Cc1c(-c2ccsc2)cc2ccccc2c1O. The molecule has 0 aliphatic heterocycles. The zero-order valence-electron chi connectivity index (χ0n) is 9.42. The van der Waals surface area contributed by atoms with Crippen LogP contribution < -0.4 is 0 Å². The molecule has 86 valence electrons. The fraction of sp³-hybridized carbons (Fsp3) is 0. The third-order valence-electron chi connectivity index (χ3n) is 2.97. The Balaban J connectivity index is 2.42. The Morgan fingerprint density at radius 1 is 1.17 bits per heavy atom. The predicted octanol–water partition coefficient (Wildman–Crippen LogP) is 4.15. The van der Waals surface area contributed by atoms with Gasteiger partial charge >= 0.3 is 0 Å². The average Bonchev–Trinajstić information content (AvgIpc) is 2.92. The van der Waals surface area contributed by atoms with E-state index in [1.165, 1.54) is 0 Å². The van der Waals surface area contributed by atoms with E-state index in [9.17, 15) is 10.4 Å². The van der Waals surface area contributed by atoms with Crippen LogP contribution in [0.25, 0.3) is 21.9 Å². The van der Waals surface area contributed by atoms with Gasteiger partial charge in [-0.3, -0.25) is 0 Å². The lowest BCUT2D eigenvalue weighted by Crippen LogP contribution is -1.86. The lowest BCUT2D eigenvalue weighted by molar-refractivity contribution is 0.480. The van der Waals surface area contributed by atoms with Gasteiger partial charge in [-0.15, -0.1) is 0 Å². The number of thiophene rings is 1. The highest BCUT2D eigenvalue weighted by Crippen LogP contribution is 2.37. The summed E-state index contributed by atoms with van der Waals surface area (Å²) in [5, 5.41) is 25.1. The van der Waals surface area contributed by atoms with Crippen molar-refractivity contribution in [2.75, 3.05) is 0 Å². The van der Waals surface area contributed by atoms with Gasteiger partial charge in [0.05, 0.1) is 0 Å². The van der Waals surface area contributed by atoms with E-state index >= 15 is 0 Å². The van der Waals surface area contributed by atoms with Gasteiger partial charge in [-0.25, -0.2) is 0 Å². The molecule has 0 atom stereocenters. The monoisotopic (exact) mass is 251 g/mol. The minimum atomic E-state index is 0.0665. The molecule has 1 heterocycles. The molecule has 0 aliphatic rings. The van der Waals surface area contributed by atoms with Crippen LogP contribution in [-0.4, -0.2) is 5.11 Å². The van der Waals surface area contributed by atoms with Crippen molar-refractivity contribution in [3.8, 4) is 22.9 Å². The van der Waals surface area contributed by atoms with Gasteiger partial charge < -0.3 is 5.11 Å². The Hall–Kier alpha value is -2.31. The zero-order chi connectivity index (χ0) is 12.5. The molecular weight excluding hydrogens is 242 g/mol. The summed E-state index contributed by atoms with van der Waals surface area (Å²) in [6, 6.07) is 13.5. The summed E-state index contributed by atoms with van der Waals surface area (Å²) in [7, 11) is 0. The highest BCUT2D eigenvalue weighted by Gasteiger charge is 2.13. The lowest BCUT2D eigenvalue weighted by atomic mass is 9.96. The maximum atomic E-state index is 10.2. The number of fused-ring (bicyclic) bond motifs is 1. The first kappa shape index (κ1) is 10.8. The molecule has 0 unspecified atom stereocenters. The second-order valence-corrected chi connectivity index (χ2v) is 4.77. The zero-order valence-corrected chi connectivity index (χ0v) is 10.2. The number of nitriles is 1. The van der Waals surface area contributed by atoms with Crippen LogP contribution in [0.2, 0.25) is 0 Å². The fourth-order valence-corrected chi connectivity index (χ4v) is 2.74. The quantitative estimate of drug-likeness (QED) is 0.706. The first-order valence-corrected chi connectivity index (χ1v) is 6.43. The van der Waals surface area contributed by atoms with Crippen LogP contribution in [0, 0.1) is 11.3 Å². The summed E-state index contributed by atoms with van der Waals surface area (Å²) in [6.45, 7) is 0. The van der Waals surface area contributed by atoms with Crippen LogP contribution in [0.4, 0.5) is 0 Å². The molecule has 3 aromatic rings. The van der Waals surface area contributed by atoms with Gasteiger partial charge in [-0.2, -0.15) is 16.6 Å². The number of phenolic OH excluding ortho intramolecular Hbond substituents is 1. The summed E-state index contributed by atoms with van der Waals surface area (Å²) in [5.74, 6) is 0.0665. The molecule has 0 amide bonds. The van der Waals surface area contributed by atoms with Gasteiger partial charge in [0.1, 0.15) is 17.4 Å². The van der Waals surface area contributed by atoms with Gasteiger partial charge in [0, 0.05) is 10.9 Å². The normalized spacial score (nSPS) is 10.4. The van der Waals surface area contributed by atoms with Gasteiger partial charge in [-0.1, -0.05) is 24.3 Å². The second kappa shape index (κ2) is 4.17. The maximum Gasteiger partial charge on any atom is 0.141 e. The van der Waals surface area contributed by atoms with E-state index in [-0.39, 0.29) is 5.75 Å². The summed E-state index contributed by atoms with van der Waals surface area (Å²) < 4.78 is 0. The molecule has 18 heavy (non-hydrogen) atoms. The molecule has 0 fully saturated rings. The number of phenols is 1. The first-order valence-electron chi connectivity index (χ1n) is 5.48. The van der Waals surface area contributed by atoms with Crippen molar-refractivity contribution in [3.05, 3.63) is 52.7 Å². The number of aromatic hydroxyl groups is 1.